The summed E-state index contributed by atoms with van der Waals surface area (Å²) < 4.78 is 0. The molecule has 1 rings (SSSR count). The van der Waals surface area contributed by atoms with E-state index >= 15 is 0 Å². The largest absolute Gasteiger partial charge is 0.342 e. The molecule has 1 amide bonds. The van der Waals surface area contributed by atoms with Gasteiger partial charge in [-0.15, -0.1) is 0 Å². The molecule has 0 saturated carbocycles. The number of rotatable bonds is 7. The molecule has 1 N–H and O–H groups in total. The van der Waals surface area contributed by atoms with Gasteiger partial charge in [0.2, 0.25) is 5.91 Å². The molecule has 0 bridgehead atoms. The van der Waals surface area contributed by atoms with Gasteiger partial charge in [-0.3, -0.25) is 10.1 Å². The molecular formula is C17H28N2O. The number of hydrogen-bond acceptors (Lipinski definition) is 2. The Morgan fingerprint density at radius 1 is 1.10 bits per heavy atom. The molecule has 0 aromatic heterocycles. The summed E-state index contributed by atoms with van der Waals surface area (Å²) in [5.41, 5.74) is 1.24. The molecule has 2 unspecified atom stereocenters. The lowest BCUT2D eigenvalue weighted by Gasteiger charge is -2.29. The second-order valence-corrected chi connectivity index (χ2v) is 5.53. The number of benzene rings is 1. The van der Waals surface area contributed by atoms with Gasteiger partial charge in [0.05, 0.1) is 6.04 Å². The Labute approximate surface area is 123 Å². The van der Waals surface area contributed by atoms with E-state index in [-0.39, 0.29) is 18.0 Å². The Kier molecular flexibility index (Phi) is 6.73. The first-order chi connectivity index (χ1) is 9.51. The molecule has 2 atom stereocenters. The number of likely N-dealkylation sites (N-methyl/N-ethyl adjacent to an activating group) is 1. The van der Waals surface area contributed by atoms with E-state index < -0.39 is 0 Å². The molecule has 3 heteroatoms. The van der Waals surface area contributed by atoms with E-state index in [4.69, 9.17) is 0 Å². The molecular weight excluding hydrogens is 248 g/mol. The molecule has 0 heterocycles. The molecule has 1 aromatic carbocycles. The SMILES string of the molecule is CCN(CC)C(=O)C(C)NC(c1ccccc1)C(C)C. The topological polar surface area (TPSA) is 32.3 Å². The first-order valence-corrected chi connectivity index (χ1v) is 7.61. The van der Waals surface area contributed by atoms with Crippen LogP contribution in [-0.4, -0.2) is 29.9 Å². The van der Waals surface area contributed by atoms with E-state index in [1.807, 2.05) is 43.9 Å². The fourth-order valence-electron chi connectivity index (χ4n) is 2.48. The summed E-state index contributed by atoms with van der Waals surface area (Å²) in [6.07, 6.45) is 0. The van der Waals surface area contributed by atoms with Gasteiger partial charge in [-0.25, -0.2) is 0 Å². The van der Waals surface area contributed by atoms with Gasteiger partial charge in [0, 0.05) is 19.1 Å². The lowest BCUT2D eigenvalue weighted by Crippen LogP contribution is -2.46. The number of hydrogen-bond donors (Lipinski definition) is 1. The Morgan fingerprint density at radius 2 is 1.65 bits per heavy atom. The predicted octanol–water partition coefficient (Wildman–Crippen LogP) is 3.23. The highest BCUT2D eigenvalue weighted by molar-refractivity contribution is 5.81. The summed E-state index contributed by atoms with van der Waals surface area (Å²) >= 11 is 0. The van der Waals surface area contributed by atoms with E-state index in [9.17, 15) is 4.79 Å². The molecule has 0 fully saturated rings. The number of carbonyl (C=O) groups is 1. The average Bonchev–Trinajstić information content (AvgIpc) is 2.46. The lowest BCUT2D eigenvalue weighted by atomic mass is 9.95. The van der Waals surface area contributed by atoms with Crippen LogP contribution >= 0.6 is 0 Å². The van der Waals surface area contributed by atoms with Crippen molar-refractivity contribution in [3.8, 4) is 0 Å². The van der Waals surface area contributed by atoms with E-state index in [0.29, 0.717) is 5.92 Å². The van der Waals surface area contributed by atoms with Crippen LogP contribution in [-0.2, 0) is 4.79 Å². The third-order valence-electron chi connectivity index (χ3n) is 3.70. The van der Waals surface area contributed by atoms with E-state index in [2.05, 4.69) is 31.3 Å². The normalized spacial score (nSPS) is 14.1. The quantitative estimate of drug-likeness (QED) is 0.829. The Bertz CT molecular complexity index is 399. The van der Waals surface area contributed by atoms with Crippen LogP contribution in [0.2, 0.25) is 0 Å². The second kappa shape index (κ2) is 8.05. The zero-order valence-electron chi connectivity index (χ0n) is 13.4. The monoisotopic (exact) mass is 276 g/mol. The van der Waals surface area contributed by atoms with Gasteiger partial charge >= 0.3 is 0 Å². The van der Waals surface area contributed by atoms with E-state index in [1.165, 1.54) is 5.56 Å². The van der Waals surface area contributed by atoms with Gasteiger partial charge in [-0.2, -0.15) is 0 Å². The van der Waals surface area contributed by atoms with Crippen LogP contribution in [0.5, 0.6) is 0 Å². The maximum absolute atomic E-state index is 12.4. The van der Waals surface area contributed by atoms with Crippen LogP contribution in [0.25, 0.3) is 0 Å². The summed E-state index contributed by atoms with van der Waals surface area (Å²) in [7, 11) is 0. The predicted molar refractivity (Wildman–Crippen MR) is 84.5 cm³/mol. The van der Waals surface area contributed by atoms with Crippen LogP contribution in [0, 0.1) is 5.92 Å². The third-order valence-corrected chi connectivity index (χ3v) is 3.70. The summed E-state index contributed by atoms with van der Waals surface area (Å²) in [6.45, 7) is 11.9. The second-order valence-electron chi connectivity index (χ2n) is 5.53. The highest BCUT2D eigenvalue weighted by atomic mass is 16.2. The molecule has 0 radical (unpaired) electrons. The van der Waals surface area contributed by atoms with Crippen molar-refractivity contribution < 1.29 is 4.79 Å². The standard InChI is InChI=1S/C17H28N2O/c1-6-19(7-2)17(20)14(5)18-16(13(3)4)15-11-9-8-10-12-15/h8-14,16,18H,6-7H2,1-5H3. The highest BCUT2D eigenvalue weighted by Crippen LogP contribution is 2.22. The molecule has 3 nitrogen and oxygen atoms in total. The number of carbonyl (C=O) groups excluding carboxylic acids is 1. The summed E-state index contributed by atoms with van der Waals surface area (Å²) in [5.74, 6) is 0.612. The Hall–Kier alpha value is -1.35. The summed E-state index contributed by atoms with van der Waals surface area (Å²) in [4.78, 5) is 14.2. The molecule has 0 spiro atoms. The van der Waals surface area contributed by atoms with Crippen LogP contribution in [0.4, 0.5) is 0 Å². The van der Waals surface area contributed by atoms with Gasteiger partial charge in [0.15, 0.2) is 0 Å². The van der Waals surface area contributed by atoms with E-state index in [1.54, 1.807) is 0 Å². The van der Waals surface area contributed by atoms with Crippen molar-refractivity contribution in [2.75, 3.05) is 13.1 Å². The van der Waals surface area contributed by atoms with Crippen molar-refractivity contribution >= 4 is 5.91 Å². The van der Waals surface area contributed by atoms with Gasteiger partial charge < -0.3 is 4.90 Å². The Balaban J connectivity index is 2.79. The van der Waals surface area contributed by atoms with Crippen LogP contribution in [0.1, 0.15) is 46.2 Å². The number of nitrogens with one attached hydrogen (secondary N) is 1. The van der Waals surface area contributed by atoms with Crippen molar-refractivity contribution in [3.05, 3.63) is 35.9 Å². The van der Waals surface area contributed by atoms with Crippen molar-refractivity contribution in [1.82, 2.24) is 10.2 Å². The minimum Gasteiger partial charge on any atom is -0.342 e. The van der Waals surface area contributed by atoms with Gasteiger partial charge in [-0.1, -0.05) is 44.2 Å². The van der Waals surface area contributed by atoms with Crippen molar-refractivity contribution in [1.29, 1.82) is 0 Å². The van der Waals surface area contributed by atoms with Gasteiger partial charge in [0.1, 0.15) is 0 Å². The van der Waals surface area contributed by atoms with Gasteiger partial charge in [-0.05, 0) is 32.3 Å². The van der Waals surface area contributed by atoms with Crippen LogP contribution in [0.3, 0.4) is 0 Å². The zero-order valence-corrected chi connectivity index (χ0v) is 13.4. The number of amides is 1. The fourth-order valence-corrected chi connectivity index (χ4v) is 2.48. The van der Waals surface area contributed by atoms with Crippen molar-refractivity contribution in [3.63, 3.8) is 0 Å². The first kappa shape index (κ1) is 16.7. The summed E-state index contributed by atoms with van der Waals surface area (Å²) in [6, 6.07) is 10.4. The third kappa shape index (κ3) is 4.34. The van der Waals surface area contributed by atoms with Crippen LogP contribution in [0.15, 0.2) is 30.3 Å². The smallest absolute Gasteiger partial charge is 0.239 e. The lowest BCUT2D eigenvalue weighted by molar-refractivity contribution is -0.132. The average molecular weight is 276 g/mol. The van der Waals surface area contributed by atoms with E-state index in [0.717, 1.165) is 13.1 Å². The first-order valence-electron chi connectivity index (χ1n) is 7.61. The minimum absolute atomic E-state index is 0.164. The highest BCUT2D eigenvalue weighted by Gasteiger charge is 2.23. The molecule has 0 saturated heterocycles. The maximum Gasteiger partial charge on any atom is 0.239 e. The molecule has 0 aliphatic carbocycles. The fraction of sp³-hybridized carbons (Fsp3) is 0.588. The summed E-state index contributed by atoms with van der Waals surface area (Å²) in [5, 5.41) is 3.49. The zero-order chi connectivity index (χ0) is 15.1. The molecule has 0 aliphatic heterocycles. The van der Waals surface area contributed by atoms with Gasteiger partial charge in [0.25, 0.3) is 0 Å². The Morgan fingerprint density at radius 3 is 2.10 bits per heavy atom. The minimum atomic E-state index is -0.164. The molecule has 1 aromatic rings. The van der Waals surface area contributed by atoms with Crippen molar-refractivity contribution in [2.24, 2.45) is 5.92 Å². The molecule has 20 heavy (non-hydrogen) atoms. The maximum atomic E-state index is 12.4. The molecule has 112 valence electrons. The van der Waals surface area contributed by atoms with Crippen LogP contribution < -0.4 is 5.32 Å². The van der Waals surface area contributed by atoms with Crippen molar-refractivity contribution in [2.45, 2.75) is 46.7 Å². The number of nitrogens with zero attached hydrogens (tertiary/aromatic N) is 1. The molecule has 0 aliphatic rings.